The predicted octanol–water partition coefficient (Wildman–Crippen LogP) is 3.14. The van der Waals surface area contributed by atoms with E-state index in [1.165, 1.54) is 13.1 Å². The third-order valence-electron chi connectivity index (χ3n) is 4.40. The van der Waals surface area contributed by atoms with Crippen molar-refractivity contribution in [3.8, 4) is 0 Å². The second-order valence-electron chi connectivity index (χ2n) is 5.87. The van der Waals surface area contributed by atoms with Crippen molar-refractivity contribution in [2.75, 3.05) is 0 Å². The van der Waals surface area contributed by atoms with Gasteiger partial charge in [0, 0.05) is 0 Å². The van der Waals surface area contributed by atoms with Crippen molar-refractivity contribution in [3.63, 3.8) is 0 Å². The number of Topliss-reactive ketones (excluding diaryl/α,β-unsaturated/α-hetero) is 1. The Balaban J connectivity index is 2.30. The quantitative estimate of drug-likeness (QED) is 0.604. The Bertz CT molecular complexity index is 685. The van der Waals surface area contributed by atoms with Gasteiger partial charge >= 0.3 is 147 Å². The van der Waals surface area contributed by atoms with Gasteiger partial charge in [0.05, 0.1) is 0 Å². The SMILES string of the molecule is CCC(=O)C[As+](c1ccccc1)(c1ccccc1)c1ccccc1. The van der Waals surface area contributed by atoms with Gasteiger partial charge in [-0.15, -0.1) is 0 Å². The average Bonchev–Trinajstić information content (AvgIpc) is 2.68. The Kier molecular flexibility index (Phi) is 5.33. The molecule has 0 radical (unpaired) electrons. The van der Waals surface area contributed by atoms with Crippen molar-refractivity contribution in [2.24, 2.45) is 0 Å². The maximum atomic E-state index is 12.6. The number of carbonyl (C=O) groups excluding carboxylic acids is 1. The first-order chi connectivity index (χ1) is 11.8. The molecule has 120 valence electrons. The second kappa shape index (κ2) is 7.64. The number of benzene rings is 3. The van der Waals surface area contributed by atoms with E-state index in [0.29, 0.717) is 17.4 Å². The van der Waals surface area contributed by atoms with E-state index in [1.54, 1.807) is 0 Å². The Morgan fingerprint density at radius 2 is 1.00 bits per heavy atom. The van der Waals surface area contributed by atoms with Gasteiger partial charge in [-0.2, -0.15) is 0 Å². The molecule has 3 rings (SSSR count). The third-order valence-corrected chi connectivity index (χ3v) is 13.6. The molecule has 0 unspecified atom stereocenters. The summed E-state index contributed by atoms with van der Waals surface area (Å²) in [7, 11) is 0. The Hall–Kier alpha value is -2.11. The molecule has 0 aromatic heterocycles. The number of carbonyl (C=O) groups is 1. The van der Waals surface area contributed by atoms with Crippen molar-refractivity contribution >= 4 is 32.4 Å². The summed E-state index contributed by atoms with van der Waals surface area (Å²) < 4.78 is 3.99. The van der Waals surface area contributed by atoms with Gasteiger partial charge < -0.3 is 0 Å². The zero-order valence-corrected chi connectivity index (χ0v) is 15.8. The molecule has 0 bridgehead atoms. The standard InChI is InChI=1S/C22H22AsO/c1-2-22(24)18-23(19-12-6-3-7-13-19,20-14-8-4-9-15-20)21-16-10-5-11-17-21/h3-17H,2,18H2,1H3/q+1. The van der Waals surface area contributed by atoms with Gasteiger partial charge in [-0.25, -0.2) is 0 Å². The fraction of sp³-hybridized carbons (Fsp3) is 0.136. The first-order valence-electron chi connectivity index (χ1n) is 8.34. The van der Waals surface area contributed by atoms with Crippen LogP contribution in [-0.2, 0) is 4.79 Å². The molecule has 0 aliphatic carbocycles. The van der Waals surface area contributed by atoms with Gasteiger partial charge in [0.2, 0.25) is 0 Å². The average molecular weight is 377 g/mol. The summed E-state index contributed by atoms with van der Waals surface area (Å²) >= 11 is -2.81. The topological polar surface area (TPSA) is 17.1 Å². The Labute approximate surface area is 146 Å². The van der Waals surface area contributed by atoms with E-state index in [0.717, 1.165) is 0 Å². The van der Waals surface area contributed by atoms with Crippen molar-refractivity contribution in [2.45, 2.75) is 18.6 Å². The number of rotatable bonds is 6. The van der Waals surface area contributed by atoms with Crippen molar-refractivity contribution in [3.05, 3.63) is 91.0 Å². The molecule has 24 heavy (non-hydrogen) atoms. The number of hydrogen-bond acceptors (Lipinski definition) is 1. The van der Waals surface area contributed by atoms with E-state index in [4.69, 9.17) is 0 Å². The third kappa shape index (κ3) is 3.23. The van der Waals surface area contributed by atoms with E-state index in [1.807, 2.05) is 25.1 Å². The van der Waals surface area contributed by atoms with E-state index < -0.39 is 13.6 Å². The minimum atomic E-state index is -2.81. The molecule has 0 heterocycles. The van der Waals surface area contributed by atoms with E-state index in [2.05, 4.69) is 72.8 Å². The zero-order valence-electron chi connectivity index (χ0n) is 13.9. The fourth-order valence-electron chi connectivity index (χ4n) is 3.14. The van der Waals surface area contributed by atoms with E-state index in [-0.39, 0.29) is 0 Å². The van der Waals surface area contributed by atoms with Crippen LogP contribution in [0.1, 0.15) is 13.3 Å². The molecule has 0 fully saturated rings. The molecule has 0 aliphatic rings. The second-order valence-corrected chi connectivity index (χ2v) is 13.2. The molecule has 0 atom stereocenters. The molecule has 2 heteroatoms. The molecule has 0 saturated carbocycles. The molecule has 3 aromatic rings. The van der Waals surface area contributed by atoms with Gasteiger partial charge in [0.25, 0.3) is 0 Å². The first-order valence-corrected chi connectivity index (χ1v) is 12.5. The van der Waals surface area contributed by atoms with Crippen LogP contribution >= 0.6 is 0 Å². The monoisotopic (exact) mass is 377 g/mol. The number of ketones is 1. The summed E-state index contributed by atoms with van der Waals surface area (Å²) in [5.41, 5.74) is 0. The minimum absolute atomic E-state index is 0.346. The van der Waals surface area contributed by atoms with E-state index in [9.17, 15) is 4.79 Å². The molecule has 1 nitrogen and oxygen atoms in total. The van der Waals surface area contributed by atoms with Crippen molar-refractivity contribution in [1.29, 1.82) is 0 Å². The van der Waals surface area contributed by atoms with Gasteiger partial charge in [0.15, 0.2) is 0 Å². The van der Waals surface area contributed by atoms with Crippen molar-refractivity contribution in [1.82, 2.24) is 0 Å². The molecule has 0 saturated heterocycles. The van der Waals surface area contributed by atoms with Gasteiger partial charge in [-0.3, -0.25) is 0 Å². The summed E-state index contributed by atoms with van der Waals surface area (Å²) in [4.78, 5) is 12.6. The molecule has 3 aromatic carbocycles. The number of hydrogen-bond donors (Lipinski definition) is 0. The normalized spacial score (nSPS) is 11.2. The molecule has 0 spiro atoms. The van der Waals surface area contributed by atoms with E-state index >= 15 is 0 Å². The first kappa shape index (κ1) is 16.7. The van der Waals surface area contributed by atoms with Crippen LogP contribution in [0.4, 0.5) is 0 Å². The molecule has 0 aliphatic heterocycles. The summed E-state index contributed by atoms with van der Waals surface area (Å²) in [5, 5.41) is 0.646. The van der Waals surface area contributed by atoms with Crippen LogP contribution in [0.5, 0.6) is 0 Å². The Morgan fingerprint density at radius 3 is 1.29 bits per heavy atom. The summed E-state index contributed by atoms with van der Waals surface area (Å²) in [6, 6.07) is 31.9. The summed E-state index contributed by atoms with van der Waals surface area (Å²) in [5.74, 6) is 0.346. The predicted molar refractivity (Wildman–Crippen MR) is 104 cm³/mol. The zero-order chi connectivity index (χ0) is 16.8. The summed E-state index contributed by atoms with van der Waals surface area (Å²) in [6.07, 6.45) is 0.593. The van der Waals surface area contributed by atoms with Crippen molar-refractivity contribution < 1.29 is 4.79 Å². The van der Waals surface area contributed by atoms with Crippen LogP contribution in [0, 0.1) is 0 Å². The van der Waals surface area contributed by atoms with Gasteiger partial charge in [0.1, 0.15) is 0 Å². The van der Waals surface area contributed by atoms with Crippen LogP contribution < -0.4 is 13.1 Å². The van der Waals surface area contributed by atoms with Crippen LogP contribution in [0.2, 0.25) is 5.21 Å². The van der Waals surface area contributed by atoms with Crippen LogP contribution in [-0.4, -0.2) is 19.3 Å². The van der Waals surface area contributed by atoms with Crippen LogP contribution in [0.15, 0.2) is 91.0 Å². The fourth-order valence-corrected chi connectivity index (χ4v) is 12.0. The van der Waals surface area contributed by atoms with Gasteiger partial charge in [-0.1, -0.05) is 0 Å². The van der Waals surface area contributed by atoms with Gasteiger partial charge in [-0.05, 0) is 0 Å². The Morgan fingerprint density at radius 1 is 0.667 bits per heavy atom. The molecular formula is C22H22AsO+. The van der Waals surface area contributed by atoms with Crippen LogP contribution in [0.25, 0.3) is 0 Å². The maximum absolute atomic E-state index is 12.6. The summed E-state index contributed by atoms with van der Waals surface area (Å²) in [6.45, 7) is 1.97. The molecule has 0 amide bonds. The van der Waals surface area contributed by atoms with Crippen LogP contribution in [0.3, 0.4) is 0 Å². The molecular weight excluding hydrogens is 355 g/mol. The molecule has 0 N–H and O–H groups in total.